The Morgan fingerprint density at radius 3 is 2.60 bits per heavy atom. The topological polar surface area (TPSA) is 60.4 Å². The molecule has 0 aliphatic heterocycles. The molecule has 0 N–H and O–H groups in total. The number of carbonyl (C=O) groups excluding carboxylic acids is 3. The lowest BCUT2D eigenvalue weighted by Gasteiger charge is -2.13. The number of unbranched alkanes of at least 4 members (excludes halogenated alkanes) is 2. The minimum atomic E-state index is -0.373. The number of hydrogen-bond donors (Lipinski definition) is 0. The average Bonchev–Trinajstić information content (AvgIpc) is 2.43. The molecule has 0 radical (unpaired) electrons. The first-order chi connectivity index (χ1) is 9.63. The number of hydrogen-bond acceptors (Lipinski definition) is 4. The van der Waals surface area contributed by atoms with Gasteiger partial charge in [0.15, 0.2) is 11.6 Å². The van der Waals surface area contributed by atoms with E-state index in [4.69, 9.17) is 4.74 Å². The zero-order valence-electron chi connectivity index (χ0n) is 11.3. The first kappa shape index (κ1) is 14.2. The minimum Gasteiger partial charge on any atom is -0.426 e. The van der Waals surface area contributed by atoms with E-state index in [2.05, 4.69) is 6.92 Å². The normalized spacial score (nSPS) is 13.2. The number of benzene rings is 1. The molecule has 20 heavy (non-hydrogen) atoms. The maximum Gasteiger partial charge on any atom is 0.311 e. The summed E-state index contributed by atoms with van der Waals surface area (Å²) in [5.41, 5.74) is 0.472. The van der Waals surface area contributed by atoms with E-state index in [-0.39, 0.29) is 34.4 Å². The molecule has 0 bridgehead atoms. The third kappa shape index (κ3) is 3.02. The highest BCUT2D eigenvalue weighted by Gasteiger charge is 2.24. The molecule has 2 rings (SSSR count). The number of esters is 1. The summed E-state index contributed by atoms with van der Waals surface area (Å²) in [6.45, 7) is 2.05. The van der Waals surface area contributed by atoms with Crippen LogP contribution in [-0.4, -0.2) is 17.5 Å². The van der Waals surface area contributed by atoms with Gasteiger partial charge in [0.1, 0.15) is 5.75 Å². The van der Waals surface area contributed by atoms with Gasteiger partial charge in [0.25, 0.3) is 0 Å². The molecule has 0 fully saturated rings. The molecule has 1 aromatic carbocycles. The van der Waals surface area contributed by atoms with E-state index in [1.807, 2.05) is 0 Å². The summed E-state index contributed by atoms with van der Waals surface area (Å²) in [6.07, 6.45) is 5.50. The zero-order valence-corrected chi connectivity index (χ0v) is 11.3. The zero-order chi connectivity index (χ0) is 14.5. The Kier molecular flexibility index (Phi) is 4.45. The molecule has 0 saturated carbocycles. The van der Waals surface area contributed by atoms with Crippen molar-refractivity contribution in [1.82, 2.24) is 0 Å². The molecule has 104 valence electrons. The molecule has 0 atom stereocenters. The molecule has 0 spiro atoms. The van der Waals surface area contributed by atoms with Crippen LogP contribution in [0.2, 0.25) is 0 Å². The third-order valence-electron chi connectivity index (χ3n) is 3.13. The fourth-order valence-electron chi connectivity index (χ4n) is 2.09. The molecule has 0 aromatic heterocycles. The Bertz CT molecular complexity index is 584. The van der Waals surface area contributed by atoms with Crippen molar-refractivity contribution >= 4 is 17.5 Å². The van der Waals surface area contributed by atoms with Crippen LogP contribution in [0, 0.1) is 0 Å². The van der Waals surface area contributed by atoms with Crippen molar-refractivity contribution in [2.24, 2.45) is 0 Å². The second-order valence-corrected chi connectivity index (χ2v) is 4.67. The van der Waals surface area contributed by atoms with Gasteiger partial charge in [-0.25, -0.2) is 0 Å². The average molecular weight is 272 g/mol. The summed E-state index contributed by atoms with van der Waals surface area (Å²) in [5, 5.41) is 0. The minimum absolute atomic E-state index is 0.173. The van der Waals surface area contributed by atoms with Gasteiger partial charge in [-0.1, -0.05) is 31.9 Å². The highest BCUT2D eigenvalue weighted by atomic mass is 16.5. The molecule has 0 amide bonds. The molecular weight excluding hydrogens is 256 g/mol. The summed E-state index contributed by atoms with van der Waals surface area (Å²) in [7, 11) is 0. The second kappa shape index (κ2) is 6.28. The van der Waals surface area contributed by atoms with Crippen LogP contribution in [0.3, 0.4) is 0 Å². The van der Waals surface area contributed by atoms with E-state index in [1.54, 1.807) is 18.2 Å². The van der Waals surface area contributed by atoms with Crippen molar-refractivity contribution in [3.63, 3.8) is 0 Å². The largest absolute Gasteiger partial charge is 0.426 e. The molecule has 4 heteroatoms. The number of rotatable bonds is 5. The number of ether oxygens (including phenoxy) is 1. The monoisotopic (exact) mass is 272 g/mol. The Morgan fingerprint density at radius 1 is 1.10 bits per heavy atom. The van der Waals surface area contributed by atoms with Gasteiger partial charge in [-0.15, -0.1) is 0 Å². The van der Waals surface area contributed by atoms with Crippen molar-refractivity contribution < 1.29 is 19.1 Å². The van der Waals surface area contributed by atoms with Crippen LogP contribution in [0.25, 0.3) is 0 Å². The lowest BCUT2D eigenvalue weighted by atomic mass is 9.94. The van der Waals surface area contributed by atoms with Crippen LogP contribution in [0.1, 0.15) is 53.3 Å². The van der Waals surface area contributed by atoms with Crippen LogP contribution in [0.15, 0.2) is 30.4 Å². The smallest absolute Gasteiger partial charge is 0.311 e. The van der Waals surface area contributed by atoms with E-state index in [0.717, 1.165) is 19.3 Å². The standard InChI is InChI=1S/C16H16O4/c1-2-3-4-8-15(19)20-14-7-5-6-11-12(17)9-10-13(18)16(11)14/h5-7,9-10H,2-4,8H2,1H3. The lowest BCUT2D eigenvalue weighted by molar-refractivity contribution is -0.134. The summed E-state index contributed by atoms with van der Waals surface area (Å²) < 4.78 is 5.23. The summed E-state index contributed by atoms with van der Waals surface area (Å²) in [4.78, 5) is 35.3. The van der Waals surface area contributed by atoms with Gasteiger partial charge in [-0.2, -0.15) is 0 Å². The highest BCUT2D eigenvalue weighted by molar-refractivity contribution is 6.23. The maximum atomic E-state index is 11.9. The Morgan fingerprint density at radius 2 is 1.85 bits per heavy atom. The predicted octanol–water partition coefficient (Wildman–Crippen LogP) is 3.11. The summed E-state index contributed by atoms with van der Waals surface area (Å²) in [6, 6.07) is 4.71. The first-order valence-electron chi connectivity index (χ1n) is 6.74. The van der Waals surface area contributed by atoms with Crippen LogP contribution in [-0.2, 0) is 4.79 Å². The lowest BCUT2D eigenvalue weighted by Crippen LogP contribution is -2.16. The van der Waals surface area contributed by atoms with Crippen LogP contribution < -0.4 is 4.74 Å². The molecule has 0 heterocycles. The Labute approximate surface area is 117 Å². The van der Waals surface area contributed by atoms with Crippen LogP contribution >= 0.6 is 0 Å². The third-order valence-corrected chi connectivity index (χ3v) is 3.13. The SMILES string of the molecule is CCCCCC(=O)Oc1cccc2c1C(=O)C=CC2=O. The van der Waals surface area contributed by atoms with E-state index >= 15 is 0 Å². The number of carbonyl (C=O) groups is 3. The molecule has 1 aliphatic carbocycles. The van der Waals surface area contributed by atoms with Crippen LogP contribution in [0.4, 0.5) is 0 Å². The first-order valence-corrected chi connectivity index (χ1v) is 6.74. The van der Waals surface area contributed by atoms with E-state index in [0.29, 0.717) is 6.42 Å². The fraction of sp³-hybridized carbons (Fsp3) is 0.312. The molecule has 0 saturated heterocycles. The van der Waals surface area contributed by atoms with Crippen LogP contribution in [0.5, 0.6) is 5.75 Å². The molecular formula is C16H16O4. The molecule has 1 aliphatic rings. The van der Waals surface area contributed by atoms with E-state index in [9.17, 15) is 14.4 Å². The predicted molar refractivity (Wildman–Crippen MR) is 74.0 cm³/mol. The molecule has 4 nitrogen and oxygen atoms in total. The van der Waals surface area contributed by atoms with Gasteiger partial charge < -0.3 is 4.74 Å². The van der Waals surface area contributed by atoms with E-state index < -0.39 is 0 Å². The van der Waals surface area contributed by atoms with E-state index in [1.165, 1.54) is 12.2 Å². The number of ketones is 2. The number of allylic oxidation sites excluding steroid dienone is 2. The summed E-state index contributed by atoms with van der Waals surface area (Å²) >= 11 is 0. The highest BCUT2D eigenvalue weighted by Crippen LogP contribution is 2.27. The molecule has 1 aromatic rings. The van der Waals surface area contributed by atoms with Crippen molar-refractivity contribution in [1.29, 1.82) is 0 Å². The quantitative estimate of drug-likeness (QED) is 0.469. The van der Waals surface area contributed by atoms with Crippen molar-refractivity contribution in [2.75, 3.05) is 0 Å². The van der Waals surface area contributed by atoms with Crippen molar-refractivity contribution in [2.45, 2.75) is 32.6 Å². The van der Waals surface area contributed by atoms with Gasteiger partial charge in [-0.3, -0.25) is 14.4 Å². The summed E-state index contributed by atoms with van der Waals surface area (Å²) in [5.74, 6) is -0.756. The Hall–Kier alpha value is -2.23. The fourth-order valence-corrected chi connectivity index (χ4v) is 2.09. The van der Waals surface area contributed by atoms with Gasteiger partial charge in [-0.05, 0) is 24.6 Å². The van der Waals surface area contributed by atoms with Gasteiger partial charge in [0.2, 0.25) is 0 Å². The van der Waals surface area contributed by atoms with Gasteiger partial charge in [0, 0.05) is 12.0 Å². The maximum absolute atomic E-state index is 11.9. The van der Waals surface area contributed by atoms with Gasteiger partial charge >= 0.3 is 5.97 Å². The number of fused-ring (bicyclic) bond motifs is 1. The molecule has 0 unspecified atom stereocenters. The van der Waals surface area contributed by atoms with Gasteiger partial charge in [0.05, 0.1) is 5.56 Å². The van der Waals surface area contributed by atoms with Crippen molar-refractivity contribution in [3.8, 4) is 5.75 Å². The Balaban J connectivity index is 2.18. The van der Waals surface area contributed by atoms with Crippen molar-refractivity contribution in [3.05, 3.63) is 41.5 Å². The second-order valence-electron chi connectivity index (χ2n) is 4.67.